The van der Waals surface area contributed by atoms with Crippen molar-refractivity contribution in [3.05, 3.63) is 35.3 Å². The molecule has 4 nitrogen and oxygen atoms in total. The molecular weight excluding hydrogens is 248 g/mol. The fraction of sp³-hybridized carbons (Fsp3) is 0.200. The highest BCUT2D eigenvalue weighted by atomic mass is 32.1. The van der Waals surface area contributed by atoms with Gasteiger partial charge in [-0.1, -0.05) is 16.6 Å². The Morgan fingerprint density at radius 2 is 2.18 bits per heavy atom. The normalized spacial score (nSPS) is 10.5. The standard InChI is InChI=1S/C10H9F2N3OS/c11-10(12)16-9-4-2-1-3-8(9)13-5-7-6-17-15-14-7/h1-4,6,10,13H,5H2. The van der Waals surface area contributed by atoms with Crippen molar-refractivity contribution >= 4 is 17.2 Å². The molecule has 1 aromatic carbocycles. The number of benzene rings is 1. The van der Waals surface area contributed by atoms with Gasteiger partial charge < -0.3 is 10.1 Å². The zero-order chi connectivity index (χ0) is 12.1. The van der Waals surface area contributed by atoms with Crippen LogP contribution in [0.4, 0.5) is 14.5 Å². The van der Waals surface area contributed by atoms with Gasteiger partial charge in [0.15, 0.2) is 0 Å². The van der Waals surface area contributed by atoms with Crippen LogP contribution in [0.25, 0.3) is 0 Å². The molecule has 2 rings (SSSR count). The van der Waals surface area contributed by atoms with Gasteiger partial charge in [0, 0.05) is 5.38 Å². The molecule has 0 saturated carbocycles. The molecule has 2 aromatic rings. The summed E-state index contributed by atoms with van der Waals surface area (Å²) in [6.45, 7) is -2.42. The van der Waals surface area contributed by atoms with Crippen molar-refractivity contribution in [1.29, 1.82) is 0 Å². The maximum Gasteiger partial charge on any atom is 0.387 e. The van der Waals surface area contributed by atoms with Crippen molar-refractivity contribution in [2.75, 3.05) is 5.32 Å². The summed E-state index contributed by atoms with van der Waals surface area (Å²) in [6.07, 6.45) is 0. The van der Waals surface area contributed by atoms with E-state index in [1.807, 2.05) is 0 Å². The first-order valence-electron chi connectivity index (χ1n) is 4.79. The monoisotopic (exact) mass is 257 g/mol. The van der Waals surface area contributed by atoms with Crippen LogP contribution in [0.1, 0.15) is 5.69 Å². The molecule has 0 aliphatic carbocycles. The second-order valence-corrected chi connectivity index (χ2v) is 3.73. The van der Waals surface area contributed by atoms with Gasteiger partial charge in [-0.25, -0.2) is 0 Å². The molecular formula is C10H9F2N3OS. The van der Waals surface area contributed by atoms with E-state index in [0.717, 1.165) is 5.69 Å². The van der Waals surface area contributed by atoms with Crippen LogP contribution in [0.2, 0.25) is 0 Å². The molecule has 1 N–H and O–H groups in total. The highest BCUT2D eigenvalue weighted by molar-refractivity contribution is 7.03. The zero-order valence-corrected chi connectivity index (χ0v) is 9.45. The van der Waals surface area contributed by atoms with E-state index in [4.69, 9.17) is 0 Å². The van der Waals surface area contributed by atoms with Crippen LogP contribution in [-0.4, -0.2) is 16.2 Å². The van der Waals surface area contributed by atoms with Crippen molar-refractivity contribution in [1.82, 2.24) is 9.59 Å². The summed E-state index contributed by atoms with van der Waals surface area (Å²) in [6, 6.07) is 6.51. The van der Waals surface area contributed by atoms with Crippen molar-refractivity contribution < 1.29 is 13.5 Å². The Kier molecular flexibility index (Phi) is 3.81. The maximum atomic E-state index is 12.1. The molecule has 0 aliphatic heterocycles. The minimum absolute atomic E-state index is 0.116. The summed E-state index contributed by atoms with van der Waals surface area (Å²) in [5.41, 5.74) is 1.25. The van der Waals surface area contributed by atoms with Crippen LogP contribution >= 0.6 is 11.5 Å². The van der Waals surface area contributed by atoms with E-state index in [1.54, 1.807) is 23.6 Å². The first-order chi connectivity index (χ1) is 8.25. The molecule has 0 amide bonds. The van der Waals surface area contributed by atoms with Crippen LogP contribution in [0.3, 0.4) is 0 Å². The van der Waals surface area contributed by atoms with Crippen LogP contribution in [-0.2, 0) is 6.54 Å². The fourth-order valence-electron chi connectivity index (χ4n) is 1.26. The van der Waals surface area contributed by atoms with Gasteiger partial charge in [0.25, 0.3) is 0 Å². The van der Waals surface area contributed by atoms with Gasteiger partial charge in [-0.05, 0) is 23.7 Å². The number of alkyl halides is 2. The Labute approximate surface area is 100 Å². The number of para-hydroxylation sites is 2. The van der Waals surface area contributed by atoms with E-state index in [2.05, 4.69) is 19.6 Å². The second kappa shape index (κ2) is 5.53. The molecule has 0 fully saturated rings. The van der Waals surface area contributed by atoms with Gasteiger partial charge in [0.1, 0.15) is 5.75 Å². The Hall–Kier alpha value is -1.76. The SMILES string of the molecule is FC(F)Oc1ccccc1NCc1csnn1. The lowest BCUT2D eigenvalue weighted by Crippen LogP contribution is -2.06. The third-order valence-electron chi connectivity index (χ3n) is 1.97. The second-order valence-electron chi connectivity index (χ2n) is 3.12. The number of ether oxygens (including phenoxy) is 1. The molecule has 0 bridgehead atoms. The molecule has 1 aromatic heterocycles. The van der Waals surface area contributed by atoms with E-state index < -0.39 is 6.61 Å². The van der Waals surface area contributed by atoms with Crippen molar-refractivity contribution in [3.63, 3.8) is 0 Å². The Bertz CT molecular complexity index is 464. The average molecular weight is 257 g/mol. The summed E-state index contributed by atoms with van der Waals surface area (Å²) >= 11 is 1.24. The number of anilines is 1. The smallest absolute Gasteiger partial charge is 0.387 e. The summed E-state index contributed by atoms with van der Waals surface area (Å²) in [5.74, 6) is 0.116. The van der Waals surface area contributed by atoms with E-state index in [9.17, 15) is 8.78 Å². The maximum absolute atomic E-state index is 12.1. The molecule has 1 heterocycles. The van der Waals surface area contributed by atoms with Gasteiger partial charge in [-0.15, -0.1) is 5.10 Å². The molecule has 0 unspecified atom stereocenters. The Morgan fingerprint density at radius 3 is 2.88 bits per heavy atom. The van der Waals surface area contributed by atoms with E-state index >= 15 is 0 Å². The van der Waals surface area contributed by atoms with Crippen molar-refractivity contribution in [3.8, 4) is 5.75 Å². The topological polar surface area (TPSA) is 47.0 Å². The summed E-state index contributed by atoms with van der Waals surface area (Å²) in [4.78, 5) is 0. The fourth-order valence-corrected chi connectivity index (χ4v) is 1.71. The van der Waals surface area contributed by atoms with Crippen LogP contribution in [0.5, 0.6) is 5.75 Å². The largest absolute Gasteiger partial charge is 0.433 e. The summed E-state index contributed by atoms with van der Waals surface area (Å²) < 4.78 is 32.4. The summed E-state index contributed by atoms with van der Waals surface area (Å²) in [7, 11) is 0. The average Bonchev–Trinajstić information content (AvgIpc) is 2.80. The van der Waals surface area contributed by atoms with Gasteiger partial charge in [0.05, 0.1) is 17.9 Å². The first kappa shape index (κ1) is 11.7. The molecule has 17 heavy (non-hydrogen) atoms. The van der Waals surface area contributed by atoms with E-state index in [1.165, 1.54) is 17.6 Å². The van der Waals surface area contributed by atoms with Gasteiger partial charge in [-0.3, -0.25) is 0 Å². The van der Waals surface area contributed by atoms with Crippen LogP contribution in [0, 0.1) is 0 Å². The predicted octanol–water partition coefficient (Wildman–Crippen LogP) is 2.75. The van der Waals surface area contributed by atoms with Crippen LogP contribution < -0.4 is 10.1 Å². The quantitative estimate of drug-likeness (QED) is 0.894. The van der Waals surface area contributed by atoms with Gasteiger partial charge in [0.2, 0.25) is 0 Å². The number of hydrogen-bond donors (Lipinski definition) is 1. The third-order valence-corrected chi connectivity index (χ3v) is 2.52. The first-order valence-corrected chi connectivity index (χ1v) is 5.63. The van der Waals surface area contributed by atoms with E-state index in [-0.39, 0.29) is 5.75 Å². The molecule has 0 atom stereocenters. The lowest BCUT2D eigenvalue weighted by Gasteiger charge is -2.11. The zero-order valence-electron chi connectivity index (χ0n) is 8.64. The number of hydrogen-bond acceptors (Lipinski definition) is 5. The van der Waals surface area contributed by atoms with Crippen molar-refractivity contribution in [2.24, 2.45) is 0 Å². The molecule has 7 heteroatoms. The number of rotatable bonds is 5. The molecule has 0 radical (unpaired) electrons. The number of halogens is 2. The number of aromatic nitrogens is 2. The minimum Gasteiger partial charge on any atom is -0.433 e. The molecule has 0 saturated heterocycles. The highest BCUT2D eigenvalue weighted by Gasteiger charge is 2.08. The predicted molar refractivity (Wildman–Crippen MR) is 60.3 cm³/mol. The lowest BCUT2D eigenvalue weighted by molar-refractivity contribution is -0.0493. The third kappa shape index (κ3) is 3.35. The molecule has 0 spiro atoms. The van der Waals surface area contributed by atoms with Crippen molar-refractivity contribution in [2.45, 2.75) is 13.2 Å². The Morgan fingerprint density at radius 1 is 1.35 bits per heavy atom. The lowest BCUT2D eigenvalue weighted by atomic mass is 10.3. The van der Waals surface area contributed by atoms with Gasteiger partial charge in [-0.2, -0.15) is 8.78 Å². The minimum atomic E-state index is -2.83. The molecule has 90 valence electrons. The van der Waals surface area contributed by atoms with E-state index in [0.29, 0.717) is 12.2 Å². The van der Waals surface area contributed by atoms with Gasteiger partial charge >= 0.3 is 6.61 Å². The molecule has 0 aliphatic rings. The number of nitrogens with one attached hydrogen (secondary N) is 1. The Balaban J connectivity index is 2.04. The highest BCUT2D eigenvalue weighted by Crippen LogP contribution is 2.25. The van der Waals surface area contributed by atoms with Crippen LogP contribution in [0.15, 0.2) is 29.6 Å². The number of nitrogens with zero attached hydrogens (tertiary/aromatic N) is 2. The summed E-state index contributed by atoms with van der Waals surface area (Å²) in [5, 5.41) is 8.59.